The van der Waals surface area contributed by atoms with Crippen molar-refractivity contribution in [3.05, 3.63) is 29.6 Å². The van der Waals surface area contributed by atoms with Crippen molar-refractivity contribution in [2.75, 3.05) is 25.9 Å². The van der Waals surface area contributed by atoms with Crippen LogP contribution in [-0.2, 0) is 0 Å². The Morgan fingerprint density at radius 1 is 1.44 bits per heavy atom. The molecular formula is C13H18FN3O. The Hall–Kier alpha value is -1.62. The van der Waals surface area contributed by atoms with Crippen molar-refractivity contribution < 1.29 is 9.18 Å². The molecule has 1 aromatic rings. The molecule has 1 aliphatic heterocycles. The lowest BCUT2D eigenvalue weighted by Gasteiger charge is -2.29. The third-order valence-corrected chi connectivity index (χ3v) is 3.31. The summed E-state index contributed by atoms with van der Waals surface area (Å²) in [6.07, 6.45) is 1.87. The zero-order valence-corrected chi connectivity index (χ0v) is 10.4. The van der Waals surface area contributed by atoms with Crippen LogP contribution in [0.5, 0.6) is 0 Å². The monoisotopic (exact) mass is 251 g/mol. The average Bonchev–Trinajstić information content (AvgIpc) is 2.32. The molecule has 0 unspecified atom stereocenters. The largest absolute Gasteiger partial charge is 0.398 e. The lowest BCUT2D eigenvalue weighted by Crippen LogP contribution is -2.43. The van der Waals surface area contributed by atoms with Gasteiger partial charge in [-0.2, -0.15) is 0 Å². The van der Waals surface area contributed by atoms with Crippen LogP contribution < -0.4 is 11.1 Å². The Labute approximate surface area is 106 Å². The normalized spacial score (nSPS) is 17.7. The minimum absolute atomic E-state index is 0.179. The molecule has 0 radical (unpaired) electrons. The van der Waals surface area contributed by atoms with Crippen LogP contribution in [0.15, 0.2) is 18.2 Å². The molecule has 1 saturated heterocycles. The predicted molar refractivity (Wildman–Crippen MR) is 68.8 cm³/mol. The van der Waals surface area contributed by atoms with Crippen molar-refractivity contribution >= 4 is 11.6 Å². The Kier molecular flexibility index (Phi) is 3.81. The molecule has 0 aliphatic carbocycles. The van der Waals surface area contributed by atoms with E-state index in [0.29, 0.717) is 5.56 Å². The van der Waals surface area contributed by atoms with Gasteiger partial charge in [0.15, 0.2) is 0 Å². The van der Waals surface area contributed by atoms with E-state index in [-0.39, 0.29) is 17.6 Å². The van der Waals surface area contributed by atoms with E-state index in [1.54, 1.807) is 0 Å². The van der Waals surface area contributed by atoms with Crippen molar-refractivity contribution in [2.45, 2.75) is 18.9 Å². The van der Waals surface area contributed by atoms with E-state index in [2.05, 4.69) is 17.3 Å². The van der Waals surface area contributed by atoms with Gasteiger partial charge in [0.1, 0.15) is 5.82 Å². The van der Waals surface area contributed by atoms with Gasteiger partial charge in [-0.25, -0.2) is 4.39 Å². The first-order chi connectivity index (χ1) is 8.56. The zero-order chi connectivity index (χ0) is 13.1. The molecular weight excluding hydrogens is 233 g/mol. The maximum absolute atomic E-state index is 12.9. The van der Waals surface area contributed by atoms with E-state index in [1.165, 1.54) is 18.2 Å². The van der Waals surface area contributed by atoms with Gasteiger partial charge < -0.3 is 16.0 Å². The van der Waals surface area contributed by atoms with Gasteiger partial charge in [-0.05, 0) is 51.2 Å². The first-order valence-corrected chi connectivity index (χ1v) is 6.10. The number of nitrogens with two attached hydrogens (primary N) is 1. The molecule has 1 amide bonds. The van der Waals surface area contributed by atoms with E-state index in [4.69, 9.17) is 5.73 Å². The van der Waals surface area contributed by atoms with Crippen LogP contribution in [0, 0.1) is 5.82 Å². The molecule has 0 bridgehead atoms. The highest BCUT2D eigenvalue weighted by molar-refractivity contribution is 5.99. The van der Waals surface area contributed by atoms with Crippen LogP contribution in [0.1, 0.15) is 23.2 Å². The molecule has 0 spiro atoms. The number of amides is 1. The highest BCUT2D eigenvalue weighted by atomic mass is 19.1. The summed E-state index contributed by atoms with van der Waals surface area (Å²) in [6.45, 7) is 1.95. The summed E-state index contributed by atoms with van der Waals surface area (Å²) in [5.74, 6) is -0.648. The summed E-state index contributed by atoms with van der Waals surface area (Å²) >= 11 is 0. The zero-order valence-electron chi connectivity index (χ0n) is 10.4. The molecule has 1 heterocycles. The number of nitrogen functional groups attached to an aromatic ring is 1. The number of piperidine rings is 1. The number of benzene rings is 1. The maximum atomic E-state index is 12.9. The van der Waals surface area contributed by atoms with Crippen molar-refractivity contribution in [3.8, 4) is 0 Å². The molecule has 1 aromatic carbocycles. The third-order valence-electron chi connectivity index (χ3n) is 3.31. The summed E-state index contributed by atoms with van der Waals surface area (Å²) in [5.41, 5.74) is 6.16. The molecule has 2 rings (SSSR count). The third kappa shape index (κ3) is 2.98. The Morgan fingerprint density at radius 3 is 2.72 bits per heavy atom. The van der Waals surface area contributed by atoms with Crippen molar-refractivity contribution in [3.63, 3.8) is 0 Å². The molecule has 4 nitrogen and oxygen atoms in total. The van der Waals surface area contributed by atoms with E-state index in [1.807, 2.05) is 0 Å². The number of hydrogen-bond donors (Lipinski definition) is 2. The summed E-state index contributed by atoms with van der Waals surface area (Å²) < 4.78 is 12.9. The Bertz CT molecular complexity index is 442. The molecule has 1 aliphatic rings. The Morgan fingerprint density at radius 2 is 2.11 bits per heavy atom. The van der Waals surface area contributed by atoms with Crippen LogP contribution in [-0.4, -0.2) is 37.0 Å². The van der Waals surface area contributed by atoms with Crippen molar-refractivity contribution in [1.82, 2.24) is 10.2 Å². The second-order valence-corrected chi connectivity index (χ2v) is 4.78. The molecule has 98 valence electrons. The SMILES string of the molecule is CN1CCC(NC(=O)c2ccc(F)cc2N)CC1. The number of hydrogen-bond acceptors (Lipinski definition) is 3. The molecule has 0 atom stereocenters. The molecule has 0 aromatic heterocycles. The van der Waals surface area contributed by atoms with E-state index < -0.39 is 5.82 Å². The van der Waals surface area contributed by atoms with Gasteiger partial charge in [0, 0.05) is 11.7 Å². The van der Waals surface area contributed by atoms with Crippen molar-refractivity contribution in [2.24, 2.45) is 0 Å². The number of anilines is 1. The fourth-order valence-corrected chi connectivity index (χ4v) is 2.16. The van der Waals surface area contributed by atoms with E-state index in [9.17, 15) is 9.18 Å². The van der Waals surface area contributed by atoms with Crippen LogP contribution in [0.3, 0.4) is 0 Å². The fourth-order valence-electron chi connectivity index (χ4n) is 2.16. The number of halogens is 1. The first-order valence-electron chi connectivity index (χ1n) is 6.10. The van der Waals surface area contributed by atoms with Crippen molar-refractivity contribution in [1.29, 1.82) is 0 Å². The van der Waals surface area contributed by atoms with Gasteiger partial charge in [0.2, 0.25) is 0 Å². The number of nitrogens with zero attached hydrogens (tertiary/aromatic N) is 1. The summed E-state index contributed by atoms with van der Waals surface area (Å²) in [6, 6.07) is 4.02. The smallest absolute Gasteiger partial charge is 0.253 e. The number of carbonyl (C=O) groups excluding carboxylic acids is 1. The molecule has 3 N–H and O–H groups in total. The molecule has 5 heteroatoms. The van der Waals surface area contributed by atoms with Gasteiger partial charge in [-0.1, -0.05) is 0 Å². The van der Waals surface area contributed by atoms with Crippen LogP contribution in [0.2, 0.25) is 0 Å². The lowest BCUT2D eigenvalue weighted by molar-refractivity contribution is 0.0918. The quantitative estimate of drug-likeness (QED) is 0.777. The summed E-state index contributed by atoms with van der Waals surface area (Å²) in [4.78, 5) is 14.2. The van der Waals surface area contributed by atoms with Crippen LogP contribution in [0.25, 0.3) is 0 Å². The Balaban J connectivity index is 1.99. The fraction of sp³-hybridized carbons (Fsp3) is 0.462. The predicted octanol–water partition coefficient (Wildman–Crippen LogP) is 1.23. The van der Waals surface area contributed by atoms with Crippen LogP contribution in [0.4, 0.5) is 10.1 Å². The standard InChI is InChI=1S/C13H18FN3O/c1-17-6-4-10(5-7-17)16-13(18)11-3-2-9(14)8-12(11)15/h2-3,8,10H,4-7,15H2,1H3,(H,16,18). The maximum Gasteiger partial charge on any atom is 0.253 e. The minimum atomic E-state index is -0.427. The van der Waals surface area contributed by atoms with Gasteiger partial charge in [0.05, 0.1) is 5.56 Å². The van der Waals surface area contributed by atoms with Gasteiger partial charge in [-0.3, -0.25) is 4.79 Å². The minimum Gasteiger partial charge on any atom is -0.398 e. The second-order valence-electron chi connectivity index (χ2n) is 4.78. The van der Waals surface area contributed by atoms with Crippen LogP contribution >= 0.6 is 0 Å². The first kappa shape index (κ1) is 12.8. The number of rotatable bonds is 2. The molecule has 1 fully saturated rings. The number of likely N-dealkylation sites (tertiary alicyclic amines) is 1. The molecule has 18 heavy (non-hydrogen) atoms. The number of carbonyl (C=O) groups is 1. The van der Waals surface area contributed by atoms with Gasteiger partial charge in [-0.15, -0.1) is 0 Å². The molecule has 0 saturated carbocycles. The second kappa shape index (κ2) is 5.35. The summed E-state index contributed by atoms with van der Waals surface area (Å²) in [5, 5.41) is 2.95. The highest BCUT2D eigenvalue weighted by Crippen LogP contribution is 2.15. The topological polar surface area (TPSA) is 58.4 Å². The highest BCUT2D eigenvalue weighted by Gasteiger charge is 2.20. The van der Waals surface area contributed by atoms with Gasteiger partial charge >= 0.3 is 0 Å². The van der Waals surface area contributed by atoms with Gasteiger partial charge in [0.25, 0.3) is 5.91 Å². The average molecular weight is 251 g/mol. The van der Waals surface area contributed by atoms with E-state index in [0.717, 1.165) is 25.9 Å². The van der Waals surface area contributed by atoms with E-state index >= 15 is 0 Å². The number of nitrogens with one attached hydrogen (secondary N) is 1. The lowest BCUT2D eigenvalue weighted by atomic mass is 10.0. The summed E-state index contributed by atoms with van der Waals surface area (Å²) in [7, 11) is 2.07.